The standard InChI is InChI=1S/C25H19F3N8O/c1-14-22(36-21(32-14)12-16(13-31-36)25(26,27)28)20-10-11-30-24(35-20)33-17-8-6-15(7-9-17)23(37)34-19-5-3-2-4-18(19)29/h2-13H,29H2,1H3,(H,34,37)(H,30,33,35). The summed E-state index contributed by atoms with van der Waals surface area (Å²) in [6, 6.07) is 16.2. The largest absolute Gasteiger partial charge is 0.418 e. The lowest BCUT2D eigenvalue weighted by Crippen LogP contribution is -2.13. The number of hydrogen-bond donors (Lipinski definition) is 3. The molecule has 0 aliphatic carbocycles. The molecule has 4 N–H and O–H groups in total. The highest BCUT2D eigenvalue weighted by Gasteiger charge is 2.32. The molecular weight excluding hydrogens is 485 g/mol. The van der Waals surface area contributed by atoms with Crippen molar-refractivity contribution < 1.29 is 18.0 Å². The van der Waals surface area contributed by atoms with Crippen molar-refractivity contribution in [2.45, 2.75) is 13.1 Å². The molecule has 5 aromatic rings. The number of anilines is 4. The molecule has 0 radical (unpaired) electrons. The number of carbonyl (C=O) groups excluding carboxylic acids is 1. The number of benzene rings is 2. The summed E-state index contributed by atoms with van der Waals surface area (Å²) in [7, 11) is 0. The molecule has 12 heteroatoms. The predicted octanol–water partition coefficient (Wildman–Crippen LogP) is 5.09. The first-order valence-electron chi connectivity index (χ1n) is 11.0. The fourth-order valence-corrected chi connectivity index (χ4v) is 3.69. The molecule has 0 spiro atoms. The van der Waals surface area contributed by atoms with Gasteiger partial charge in [-0.15, -0.1) is 0 Å². The lowest BCUT2D eigenvalue weighted by molar-refractivity contribution is -0.137. The van der Waals surface area contributed by atoms with Gasteiger partial charge in [0, 0.05) is 17.4 Å². The summed E-state index contributed by atoms with van der Waals surface area (Å²) >= 11 is 0. The number of amides is 1. The van der Waals surface area contributed by atoms with E-state index in [0.717, 1.165) is 12.3 Å². The van der Waals surface area contributed by atoms with Crippen LogP contribution in [0.4, 0.5) is 36.2 Å². The minimum Gasteiger partial charge on any atom is -0.397 e. The highest BCUT2D eigenvalue weighted by molar-refractivity contribution is 6.05. The first-order valence-corrected chi connectivity index (χ1v) is 11.0. The van der Waals surface area contributed by atoms with Crippen molar-refractivity contribution in [1.82, 2.24) is 24.6 Å². The number of carbonyl (C=O) groups is 1. The number of halogens is 3. The number of nitrogens with two attached hydrogens (primary N) is 1. The topological polar surface area (TPSA) is 123 Å². The molecule has 37 heavy (non-hydrogen) atoms. The van der Waals surface area contributed by atoms with E-state index in [1.165, 1.54) is 10.7 Å². The molecule has 0 fully saturated rings. The van der Waals surface area contributed by atoms with Crippen molar-refractivity contribution in [3.8, 4) is 11.4 Å². The zero-order valence-electron chi connectivity index (χ0n) is 19.3. The van der Waals surface area contributed by atoms with Crippen LogP contribution in [0.1, 0.15) is 21.6 Å². The molecule has 5 rings (SSSR count). The number of para-hydroxylation sites is 2. The smallest absolute Gasteiger partial charge is 0.397 e. The van der Waals surface area contributed by atoms with Gasteiger partial charge >= 0.3 is 6.18 Å². The number of aryl methyl sites for hydroxylation is 1. The van der Waals surface area contributed by atoms with Crippen molar-refractivity contribution >= 4 is 34.6 Å². The Morgan fingerprint density at radius 1 is 1.03 bits per heavy atom. The van der Waals surface area contributed by atoms with E-state index in [0.29, 0.717) is 39.7 Å². The van der Waals surface area contributed by atoms with Crippen LogP contribution in [0, 0.1) is 6.92 Å². The molecule has 0 saturated heterocycles. The quantitative estimate of drug-likeness (QED) is 0.285. The number of nitrogens with one attached hydrogen (secondary N) is 2. The van der Waals surface area contributed by atoms with E-state index in [1.807, 2.05) is 0 Å². The number of aromatic nitrogens is 5. The van der Waals surface area contributed by atoms with Crippen LogP contribution < -0.4 is 16.4 Å². The number of nitrogens with zero attached hydrogens (tertiary/aromatic N) is 5. The van der Waals surface area contributed by atoms with E-state index >= 15 is 0 Å². The summed E-state index contributed by atoms with van der Waals surface area (Å²) in [5, 5.41) is 9.75. The van der Waals surface area contributed by atoms with Crippen LogP contribution in [0.15, 0.2) is 73.1 Å². The van der Waals surface area contributed by atoms with Gasteiger partial charge in [0.25, 0.3) is 5.91 Å². The number of hydrogen-bond acceptors (Lipinski definition) is 7. The highest BCUT2D eigenvalue weighted by atomic mass is 19.4. The Morgan fingerprint density at radius 3 is 2.51 bits per heavy atom. The molecule has 0 unspecified atom stereocenters. The molecule has 0 aliphatic heterocycles. The van der Waals surface area contributed by atoms with Gasteiger partial charge in [-0.25, -0.2) is 19.5 Å². The first-order chi connectivity index (χ1) is 17.7. The third-order valence-electron chi connectivity index (χ3n) is 5.49. The lowest BCUT2D eigenvalue weighted by Gasteiger charge is -2.10. The van der Waals surface area contributed by atoms with Gasteiger partial charge < -0.3 is 16.4 Å². The van der Waals surface area contributed by atoms with Crippen LogP contribution in [0.2, 0.25) is 0 Å². The number of nitrogen functional groups attached to an aromatic ring is 1. The maximum Gasteiger partial charge on any atom is 0.418 e. The number of fused-ring (bicyclic) bond motifs is 1. The molecule has 3 heterocycles. The summed E-state index contributed by atoms with van der Waals surface area (Å²) in [5.74, 6) is -0.0695. The Bertz CT molecular complexity index is 1610. The third kappa shape index (κ3) is 4.89. The zero-order chi connectivity index (χ0) is 26.2. The zero-order valence-corrected chi connectivity index (χ0v) is 19.3. The monoisotopic (exact) mass is 504 g/mol. The van der Waals surface area contributed by atoms with Gasteiger partial charge in [-0.2, -0.15) is 18.3 Å². The molecule has 1 amide bonds. The summed E-state index contributed by atoms with van der Waals surface area (Å²) in [6.07, 6.45) is -2.26. The number of rotatable bonds is 5. The van der Waals surface area contributed by atoms with Crippen molar-refractivity contribution in [3.05, 3.63) is 89.9 Å². The van der Waals surface area contributed by atoms with Crippen LogP contribution in [0.25, 0.3) is 17.0 Å². The molecule has 0 atom stereocenters. The fraction of sp³-hybridized carbons (Fsp3) is 0.0800. The summed E-state index contributed by atoms with van der Waals surface area (Å²) in [5.41, 5.74) is 8.41. The Hall–Kier alpha value is -5.00. The molecule has 3 aromatic heterocycles. The van der Waals surface area contributed by atoms with Crippen LogP contribution in [-0.4, -0.2) is 30.5 Å². The van der Waals surface area contributed by atoms with Crippen LogP contribution in [0.3, 0.4) is 0 Å². The molecule has 0 bridgehead atoms. The lowest BCUT2D eigenvalue weighted by atomic mass is 10.2. The Kier molecular flexibility index (Phi) is 5.91. The minimum absolute atomic E-state index is 0.0570. The third-order valence-corrected chi connectivity index (χ3v) is 5.49. The van der Waals surface area contributed by atoms with Gasteiger partial charge in [0.2, 0.25) is 5.95 Å². The van der Waals surface area contributed by atoms with Crippen LogP contribution in [-0.2, 0) is 6.18 Å². The van der Waals surface area contributed by atoms with Gasteiger partial charge in [-0.1, -0.05) is 12.1 Å². The molecule has 9 nitrogen and oxygen atoms in total. The van der Waals surface area contributed by atoms with Gasteiger partial charge in [0.15, 0.2) is 5.65 Å². The Labute approximate surface area is 208 Å². The molecule has 0 saturated carbocycles. The van der Waals surface area contributed by atoms with E-state index in [2.05, 4.69) is 30.7 Å². The maximum absolute atomic E-state index is 13.1. The predicted molar refractivity (Wildman–Crippen MR) is 132 cm³/mol. The average molecular weight is 504 g/mol. The van der Waals surface area contributed by atoms with Crippen molar-refractivity contribution in [2.24, 2.45) is 0 Å². The summed E-state index contributed by atoms with van der Waals surface area (Å²) < 4.78 is 40.5. The fourth-order valence-electron chi connectivity index (χ4n) is 3.69. The molecule has 0 aliphatic rings. The van der Waals surface area contributed by atoms with E-state index in [-0.39, 0.29) is 17.5 Å². The van der Waals surface area contributed by atoms with Crippen molar-refractivity contribution in [1.29, 1.82) is 0 Å². The maximum atomic E-state index is 13.1. The van der Waals surface area contributed by atoms with Gasteiger partial charge in [-0.3, -0.25) is 4.79 Å². The van der Waals surface area contributed by atoms with E-state index < -0.39 is 11.7 Å². The Morgan fingerprint density at radius 2 is 1.78 bits per heavy atom. The highest BCUT2D eigenvalue weighted by Crippen LogP contribution is 2.31. The van der Waals surface area contributed by atoms with Crippen molar-refractivity contribution in [2.75, 3.05) is 16.4 Å². The van der Waals surface area contributed by atoms with E-state index in [9.17, 15) is 18.0 Å². The first kappa shape index (κ1) is 23.7. The van der Waals surface area contributed by atoms with Crippen LogP contribution >= 0.6 is 0 Å². The number of imidazole rings is 1. The van der Waals surface area contributed by atoms with Crippen molar-refractivity contribution in [3.63, 3.8) is 0 Å². The average Bonchev–Trinajstić information content (AvgIpc) is 3.20. The van der Waals surface area contributed by atoms with E-state index in [1.54, 1.807) is 61.5 Å². The molecular formula is C25H19F3N8O. The normalized spacial score (nSPS) is 11.5. The summed E-state index contributed by atoms with van der Waals surface area (Å²) in [4.78, 5) is 25.4. The second-order valence-electron chi connectivity index (χ2n) is 8.07. The van der Waals surface area contributed by atoms with Gasteiger partial charge in [0.05, 0.1) is 34.5 Å². The van der Waals surface area contributed by atoms with Crippen LogP contribution in [0.5, 0.6) is 0 Å². The Balaban J connectivity index is 1.36. The van der Waals surface area contributed by atoms with Gasteiger partial charge in [0.1, 0.15) is 5.69 Å². The second kappa shape index (κ2) is 9.22. The summed E-state index contributed by atoms with van der Waals surface area (Å²) in [6.45, 7) is 1.67. The van der Waals surface area contributed by atoms with E-state index in [4.69, 9.17) is 5.73 Å². The molecule has 2 aromatic carbocycles. The molecule has 186 valence electrons. The second-order valence-corrected chi connectivity index (χ2v) is 8.07. The minimum atomic E-state index is -4.52. The number of alkyl halides is 3. The SMILES string of the molecule is Cc1nc2cc(C(F)(F)F)cnn2c1-c1ccnc(Nc2ccc(C(=O)Nc3ccccc3N)cc2)n1. The van der Waals surface area contributed by atoms with Gasteiger partial charge in [-0.05, 0) is 55.5 Å².